The maximum absolute atomic E-state index is 12.8. The Bertz CT molecular complexity index is 1230. The van der Waals surface area contributed by atoms with Gasteiger partial charge in [0, 0.05) is 28.0 Å². The molecule has 166 valence electrons. The van der Waals surface area contributed by atoms with Gasteiger partial charge < -0.3 is 15.4 Å². The fraction of sp³-hybridized carbons (Fsp3) is 0.115. The average molecular weight is 459 g/mol. The minimum atomic E-state index is -1.07. The Hall–Kier alpha value is -3.90. The summed E-state index contributed by atoms with van der Waals surface area (Å²) in [5.41, 5.74) is 2.28. The van der Waals surface area contributed by atoms with Crippen LogP contribution in [0.3, 0.4) is 0 Å². The standard InChI is InChI=1S/C26H23ClN4O2/c1-26(2,33-22-14-8-19(27)9-15-22)25(32)31-21-12-10-20(11-13-21)30-24-16-23(28-17-29-24)18-6-4-3-5-7-18/h3-17H,1-2H3,(H,31,32)(H,28,29,30). The van der Waals surface area contributed by atoms with E-state index in [1.54, 1.807) is 38.1 Å². The summed E-state index contributed by atoms with van der Waals surface area (Å²) in [6.45, 7) is 3.43. The van der Waals surface area contributed by atoms with E-state index in [9.17, 15) is 4.79 Å². The van der Waals surface area contributed by atoms with Gasteiger partial charge in [-0.2, -0.15) is 0 Å². The summed E-state index contributed by atoms with van der Waals surface area (Å²) in [4.78, 5) is 21.4. The van der Waals surface area contributed by atoms with Crippen molar-refractivity contribution in [1.82, 2.24) is 9.97 Å². The molecule has 4 aromatic rings. The van der Waals surface area contributed by atoms with E-state index in [4.69, 9.17) is 16.3 Å². The predicted molar refractivity (Wildman–Crippen MR) is 132 cm³/mol. The number of amides is 1. The van der Waals surface area contributed by atoms with E-state index in [2.05, 4.69) is 20.6 Å². The molecule has 0 radical (unpaired) electrons. The van der Waals surface area contributed by atoms with Gasteiger partial charge in [0.05, 0.1) is 5.69 Å². The number of carbonyl (C=O) groups excluding carboxylic acids is 1. The van der Waals surface area contributed by atoms with E-state index in [1.807, 2.05) is 60.7 Å². The Kier molecular flexibility index (Phi) is 6.56. The molecule has 0 aliphatic carbocycles. The molecule has 0 aliphatic rings. The van der Waals surface area contributed by atoms with Crippen molar-refractivity contribution in [3.05, 3.63) is 96.3 Å². The van der Waals surface area contributed by atoms with Crippen molar-refractivity contribution >= 4 is 34.7 Å². The van der Waals surface area contributed by atoms with Crippen LogP contribution in [0.1, 0.15) is 13.8 Å². The fourth-order valence-electron chi connectivity index (χ4n) is 3.10. The van der Waals surface area contributed by atoms with Gasteiger partial charge in [-0.1, -0.05) is 41.9 Å². The lowest BCUT2D eigenvalue weighted by atomic mass is 10.1. The predicted octanol–water partition coefficient (Wildman–Crippen LogP) is 6.34. The van der Waals surface area contributed by atoms with Crippen LogP contribution >= 0.6 is 11.6 Å². The van der Waals surface area contributed by atoms with Crippen molar-refractivity contribution in [3.8, 4) is 17.0 Å². The molecule has 4 rings (SSSR count). The van der Waals surface area contributed by atoms with Gasteiger partial charge in [0.15, 0.2) is 5.60 Å². The number of nitrogens with one attached hydrogen (secondary N) is 2. The lowest BCUT2D eigenvalue weighted by Crippen LogP contribution is -2.42. The zero-order chi connectivity index (χ0) is 23.3. The quantitative estimate of drug-likeness (QED) is 0.338. The molecule has 0 bridgehead atoms. The van der Waals surface area contributed by atoms with Crippen molar-refractivity contribution in [3.63, 3.8) is 0 Å². The van der Waals surface area contributed by atoms with Crippen LogP contribution in [-0.2, 0) is 4.79 Å². The van der Waals surface area contributed by atoms with Gasteiger partial charge in [-0.05, 0) is 62.4 Å². The topological polar surface area (TPSA) is 76.1 Å². The van der Waals surface area contributed by atoms with E-state index >= 15 is 0 Å². The third-order valence-corrected chi connectivity index (χ3v) is 5.14. The number of benzene rings is 3. The Morgan fingerprint density at radius 2 is 1.55 bits per heavy atom. The highest BCUT2D eigenvalue weighted by Gasteiger charge is 2.30. The molecule has 33 heavy (non-hydrogen) atoms. The van der Waals surface area contributed by atoms with Crippen LogP contribution < -0.4 is 15.4 Å². The molecular formula is C26H23ClN4O2. The maximum Gasteiger partial charge on any atom is 0.267 e. The molecule has 0 saturated heterocycles. The van der Waals surface area contributed by atoms with Crippen LogP contribution in [0, 0.1) is 0 Å². The molecule has 3 aromatic carbocycles. The summed E-state index contributed by atoms with van der Waals surface area (Å²) in [5, 5.41) is 6.76. The number of hydrogen-bond donors (Lipinski definition) is 2. The monoisotopic (exact) mass is 458 g/mol. The van der Waals surface area contributed by atoms with Gasteiger partial charge >= 0.3 is 0 Å². The molecule has 1 amide bonds. The van der Waals surface area contributed by atoms with Crippen LogP contribution in [0.25, 0.3) is 11.3 Å². The van der Waals surface area contributed by atoms with Crippen LogP contribution in [0.2, 0.25) is 5.02 Å². The number of carbonyl (C=O) groups is 1. The Labute approximate surface area is 197 Å². The summed E-state index contributed by atoms with van der Waals surface area (Å²) in [6, 6.07) is 26.1. The minimum Gasteiger partial charge on any atom is -0.478 e. The van der Waals surface area contributed by atoms with Crippen molar-refractivity contribution < 1.29 is 9.53 Å². The first-order valence-electron chi connectivity index (χ1n) is 10.4. The molecule has 0 spiro atoms. The molecule has 2 N–H and O–H groups in total. The highest BCUT2D eigenvalue weighted by molar-refractivity contribution is 6.30. The van der Waals surface area contributed by atoms with E-state index < -0.39 is 5.60 Å². The van der Waals surface area contributed by atoms with Gasteiger partial charge in [-0.3, -0.25) is 4.79 Å². The summed E-state index contributed by atoms with van der Waals surface area (Å²) in [6.07, 6.45) is 1.53. The fourth-order valence-corrected chi connectivity index (χ4v) is 3.23. The zero-order valence-electron chi connectivity index (χ0n) is 18.2. The first kappa shape index (κ1) is 22.3. The molecule has 6 nitrogen and oxygen atoms in total. The first-order chi connectivity index (χ1) is 15.9. The first-order valence-corrected chi connectivity index (χ1v) is 10.8. The van der Waals surface area contributed by atoms with E-state index in [-0.39, 0.29) is 5.91 Å². The third-order valence-electron chi connectivity index (χ3n) is 4.89. The lowest BCUT2D eigenvalue weighted by Gasteiger charge is -2.25. The highest BCUT2D eigenvalue weighted by Crippen LogP contribution is 2.24. The van der Waals surface area contributed by atoms with Crippen LogP contribution in [0.4, 0.5) is 17.2 Å². The van der Waals surface area contributed by atoms with Gasteiger partial charge in [0.1, 0.15) is 17.9 Å². The Balaban J connectivity index is 1.39. The van der Waals surface area contributed by atoms with Crippen molar-refractivity contribution in [2.45, 2.75) is 19.4 Å². The molecular weight excluding hydrogens is 436 g/mol. The van der Waals surface area contributed by atoms with Crippen LogP contribution in [-0.4, -0.2) is 21.5 Å². The number of ether oxygens (including phenoxy) is 1. The summed E-state index contributed by atoms with van der Waals surface area (Å²) in [7, 11) is 0. The van der Waals surface area contributed by atoms with E-state index in [1.165, 1.54) is 6.33 Å². The molecule has 0 unspecified atom stereocenters. The zero-order valence-corrected chi connectivity index (χ0v) is 19.0. The van der Waals surface area contributed by atoms with Gasteiger partial charge in [-0.25, -0.2) is 9.97 Å². The van der Waals surface area contributed by atoms with Crippen molar-refractivity contribution in [1.29, 1.82) is 0 Å². The molecule has 0 aliphatic heterocycles. The minimum absolute atomic E-state index is 0.263. The average Bonchev–Trinajstić information content (AvgIpc) is 2.82. The van der Waals surface area contributed by atoms with Gasteiger partial charge in [-0.15, -0.1) is 0 Å². The van der Waals surface area contributed by atoms with Gasteiger partial charge in [0.2, 0.25) is 0 Å². The molecule has 7 heteroatoms. The van der Waals surface area contributed by atoms with Gasteiger partial charge in [0.25, 0.3) is 5.91 Å². The maximum atomic E-state index is 12.8. The van der Waals surface area contributed by atoms with E-state index in [0.717, 1.165) is 16.9 Å². The number of hydrogen-bond acceptors (Lipinski definition) is 5. The number of halogens is 1. The summed E-state index contributed by atoms with van der Waals surface area (Å²) in [5.74, 6) is 0.985. The Morgan fingerprint density at radius 1 is 0.879 bits per heavy atom. The van der Waals surface area contributed by atoms with E-state index in [0.29, 0.717) is 22.3 Å². The van der Waals surface area contributed by atoms with Crippen molar-refractivity contribution in [2.24, 2.45) is 0 Å². The SMILES string of the molecule is CC(C)(Oc1ccc(Cl)cc1)C(=O)Nc1ccc(Nc2cc(-c3ccccc3)ncn2)cc1. The normalized spacial score (nSPS) is 11.0. The van der Waals surface area contributed by atoms with Crippen molar-refractivity contribution in [2.75, 3.05) is 10.6 Å². The number of anilines is 3. The molecule has 1 heterocycles. The second kappa shape index (κ2) is 9.71. The van der Waals surface area contributed by atoms with Crippen LogP contribution in [0.5, 0.6) is 5.75 Å². The highest BCUT2D eigenvalue weighted by atomic mass is 35.5. The molecule has 0 saturated carbocycles. The Morgan fingerprint density at radius 3 is 2.24 bits per heavy atom. The number of nitrogens with zero attached hydrogens (tertiary/aromatic N) is 2. The largest absolute Gasteiger partial charge is 0.478 e. The second-order valence-corrected chi connectivity index (χ2v) is 8.31. The molecule has 1 aromatic heterocycles. The summed E-state index contributed by atoms with van der Waals surface area (Å²) >= 11 is 5.91. The smallest absolute Gasteiger partial charge is 0.267 e. The third kappa shape index (κ3) is 5.87. The molecule has 0 fully saturated rings. The second-order valence-electron chi connectivity index (χ2n) is 7.88. The summed E-state index contributed by atoms with van der Waals surface area (Å²) < 4.78 is 5.84. The number of rotatable bonds is 7. The van der Waals surface area contributed by atoms with Crippen LogP contribution in [0.15, 0.2) is 91.3 Å². The molecule has 0 atom stereocenters. The lowest BCUT2D eigenvalue weighted by molar-refractivity contribution is -0.128. The number of aromatic nitrogens is 2.